The minimum absolute atomic E-state index is 0.00268. The molecule has 1 atom stereocenters. The molecule has 23 heavy (non-hydrogen) atoms. The first-order chi connectivity index (χ1) is 10.8. The Balaban J connectivity index is 2.00. The van der Waals surface area contributed by atoms with Crippen LogP contribution in [0.4, 0.5) is 0 Å². The molecular weight excluding hydrogens is 312 g/mol. The second-order valence-electron chi connectivity index (χ2n) is 6.57. The summed E-state index contributed by atoms with van der Waals surface area (Å²) in [5, 5.41) is 2.94. The van der Waals surface area contributed by atoms with Crippen molar-refractivity contribution in [2.45, 2.75) is 45.4 Å². The molecule has 5 nitrogen and oxygen atoms in total. The quantitative estimate of drug-likeness (QED) is 0.866. The van der Waals surface area contributed by atoms with E-state index in [0.29, 0.717) is 30.1 Å². The second kappa shape index (κ2) is 7.45. The lowest BCUT2D eigenvalue weighted by molar-refractivity contribution is 0.0930. The van der Waals surface area contributed by atoms with Crippen molar-refractivity contribution in [1.29, 1.82) is 0 Å². The molecule has 1 aromatic rings. The predicted molar refractivity (Wildman–Crippen MR) is 91.6 cm³/mol. The van der Waals surface area contributed by atoms with E-state index in [-0.39, 0.29) is 17.7 Å². The maximum atomic E-state index is 12.3. The van der Waals surface area contributed by atoms with E-state index >= 15 is 0 Å². The molecule has 1 fully saturated rings. The Morgan fingerprint density at radius 1 is 1.13 bits per heavy atom. The maximum Gasteiger partial charge on any atom is 0.251 e. The number of nitrogens with zero attached hydrogens (tertiary/aromatic N) is 1. The van der Waals surface area contributed by atoms with Crippen LogP contribution >= 0.6 is 0 Å². The summed E-state index contributed by atoms with van der Waals surface area (Å²) < 4.78 is 26.1. The van der Waals surface area contributed by atoms with Gasteiger partial charge in [-0.3, -0.25) is 4.79 Å². The molecule has 0 aromatic heterocycles. The van der Waals surface area contributed by atoms with E-state index in [4.69, 9.17) is 0 Å². The van der Waals surface area contributed by atoms with Gasteiger partial charge in [-0.1, -0.05) is 26.0 Å². The second-order valence-corrected chi connectivity index (χ2v) is 8.53. The standard InChI is InChI=1S/C17H26N2O3S/c1-13(2)14(3)18-17(20)16-8-6-15(7-9-16)12-23(21,22)19-10-4-5-11-19/h6-9,13-14H,4-5,10-12H2,1-3H3,(H,18,20)/t14-/m1/s1. The number of carbonyl (C=O) groups excluding carboxylic acids is 1. The minimum atomic E-state index is -3.24. The summed E-state index contributed by atoms with van der Waals surface area (Å²) in [7, 11) is -3.24. The number of rotatable bonds is 6. The van der Waals surface area contributed by atoms with Gasteiger partial charge in [0.1, 0.15) is 0 Å². The van der Waals surface area contributed by atoms with E-state index in [0.717, 1.165) is 12.8 Å². The van der Waals surface area contributed by atoms with Crippen molar-refractivity contribution in [2.75, 3.05) is 13.1 Å². The summed E-state index contributed by atoms with van der Waals surface area (Å²) in [6.45, 7) is 7.32. The fourth-order valence-electron chi connectivity index (χ4n) is 2.48. The van der Waals surface area contributed by atoms with Crippen LogP contribution in [0.1, 0.15) is 49.5 Å². The fraction of sp³-hybridized carbons (Fsp3) is 0.588. The first-order valence-corrected chi connectivity index (χ1v) is 9.78. The van der Waals surface area contributed by atoms with E-state index in [1.54, 1.807) is 28.6 Å². The van der Waals surface area contributed by atoms with Crippen molar-refractivity contribution in [2.24, 2.45) is 5.92 Å². The van der Waals surface area contributed by atoms with Crippen molar-refractivity contribution in [3.05, 3.63) is 35.4 Å². The summed E-state index contributed by atoms with van der Waals surface area (Å²) in [4.78, 5) is 12.1. The largest absolute Gasteiger partial charge is 0.349 e. The molecule has 1 aromatic carbocycles. The van der Waals surface area contributed by atoms with Crippen LogP contribution in [0.5, 0.6) is 0 Å². The SMILES string of the molecule is CC(C)[C@@H](C)NC(=O)c1ccc(CS(=O)(=O)N2CCCC2)cc1. The monoisotopic (exact) mass is 338 g/mol. The summed E-state index contributed by atoms with van der Waals surface area (Å²) in [6.07, 6.45) is 1.87. The van der Waals surface area contributed by atoms with E-state index in [2.05, 4.69) is 19.2 Å². The smallest absolute Gasteiger partial charge is 0.251 e. The molecule has 128 valence electrons. The highest BCUT2D eigenvalue weighted by Gasteiger charge is 2.25. The molecule has 0 saturated carbocycles. The van der Waals surface area contributed by atoms with E-state index in [1.807, 2.05) is 6.92 Å². The van der Waals surface area contributed by atoms with Crippen LogP contribution in [-0.2, 0) is 15.8 Å². The van der Waals surface area contributed by atoms with Crippen LogP contribution in [0.3, 0.4) is 0 Å². The molecule has 1 amide bonds. The first kappa shape index (κ1) is 17.9. The van der Waals surface area contributed by atoms with Crippen LogP contribution in [0.2, 0.25) is 0 Å². The van der Waals surface area contributed by atoms with Gasteiger partial charge in [0.2, 0.25) is 10.0 Å². The number of benzene rings is 1. The normalized spacial score (nSPS) is 17.4. The molecule has 6 heteroatoms. The van der Waals surface area contributed by atoms with Crippen LogP contribution in [-0.4, -0.2) is 37.8 Å². The number of nitrogens with one attached hydrogen (secondary N) is 1. The molecule has 0 unspecified atom stereocenters. The molecule has 2 rings (SSSR count). The molecule has 1 aliphatic rings. The minimum Gasteiger partial charge on any atom is -0.349 e. The fourth-order valence-corrected chi connectivity index (χ4v) is 4.09. The average Bonchev–Trinajstić information content (AvgIpc) is 3.02. The van der Waals surface area contributed by atoms with Crippen LogP contribution in [0.25, 0.3) is 0 Å². The van der Waals surface area contributed by atoms with E-state index in [1.165, 1.54) is 0 Å². The third-order valence-corrected chi connectivity index (χ3v) is 6.23. The lowest BCUT2D eigenvalue weighted by Crippen LogP contribution is -2.36. The third kappa shape index (κ3) is 4.78. The van der Waals surface area contributed by atoms with Gasteiger partial charge in [0.05, 0.1) is 5.75 Å². The zero-order chi connectivity index (χ0) is 17.0. The lowest BCUT2D eigenvalue weighted by atomic mass is 10.1. The molecule has 0 aliphatic carbocycles. The van der Waals surface area contributed by atoms with E-state index < -0.39 is 10.0 Å². The Kier molecular flexibility index (Phi) is 5.81. The highest BCUT2D eigenvalue weighted by molar-refractivity contribution is 7.88. The topological polar surface area (TPSA) is 66.5 Å². The summed E-state index contributed by atoms with van der Waals surface area (Å²) in [6, 6.07) is 6.93. The zero-order valence-electron chi connectivity index (χ0n) is 14.1. The van der Waals surface area contributed by atoms with Crippen molar-refractivity contribution < 1.29 is 13.2 Å². The molecule has 0 spiro atoms. The molecule has 1 N–H and O–H groups in total. The van der Waals surface area contributed by atoms with Gasteiger partial charge >= 0.3 is 0 Å². The number of carbonyl (C=O) groups is 1. The Morgan fingerprint density at radius 2 is 1.70 bits per heavy atom. The van der Waals surface area contributed by atoms with Crippen LogP contribution in [0.15, 0.2) is 24.3 Å². The van der Waals surface area contributed by atoms with Gasteiger partial charge in [-0.2, -0.15) is 0 Å². The van der Waals surface area contributed by atoms with Gasteiger partial charge in [-0.25, -0.2) is 12.7 Å². The molecule has 1 saturated heterocycles. The summed E-state index contributed by atoms with van der Waals surface area (Å²) in [5.41, 5.74) is 1.27. The Labute approximate surface area is 139 Å². The summed E-state index contributed by atoms with van der Waals surface area (Å²) in [5.74, 6) is 0.237. The van der Waals surface area contributed by atoms with Crippen molar-refractivity contribution in [3.8, 4) is 0 Å². The van der Waals surface area contributed by atoms with Gasteiger partial charge in [-0.05, 0) is 43.4 Å². The van der Waals surface area contributed by atoms with Gasteiger partial charge in [0, 0.05) is 24.7 Å². The number of hydrogen-bond acceptors (Lipinski definition) is 3. The maximum absolute atomic E-state index is 12.3. The van der Waals surface area contributed by atoms with Crippen molar-refractivity contribution >= 4 is 15.9 Å². The number of sulfonamides is 1. The first-order valence-electron chi connectivity index (χ1n) is 8.17. The van der Waals surface area contributed by atoms with Crippen LogP contribution < -0.4 is 5.32 Å². The Morgan fingerprint density at radius 3 is 2.22 bits per heavy atom. The average molecular weight is 338 g/mol. The molecule has 1 aliphatic heterocycles. The third-order valence-electron chi connectivity index (χ3n) is 4.38. The van der Waals surface area contributed by atoms with Gasteiger partial charge in [0.15, 0.2) is 0 Å². The highest BCUT2D eigenvalue weighted by Crippen LogP contribution is 2.17. The van der Waals surface area contributed by atoms with E-state index in [9.17, 15) is 13.2 Å². The van der Waals surface area contributed by atoms with Gasteiger partial charge in [0.25, 0.3) is 5.91 Å². The van der Waals surface area contributed by atoms with Gasteiger partial charge < -0.3 is 5.32 Å². The molecule has 0 radical (unpaired) electrons. The zero-order valence-corrected chi connectivity index (χ0v) is 14.9. The Bertz CT molecular complexity index is 632. The highest BCUT2D eigenvalue weighted by atomic mass is 32.2. The predicted octanol–water partition coefficient (Wildman–Crippen LogP) is 2.39. The van der Waals surface area contributed by atoms with Crippen molar-refractivity contribution in [3.63, 3.8) is 0 Å². The van der Waals surface area contributed by atoms with Crippen molar-refractivity contribution in [1.82, 2.24) is 9.62 Å². The summed E-state index contributed by atoms with van der Waals surface area (Å²) >= 11 is 0. The van der Waals surface area contributed by atoms with Gasteiger partial charge in [-0.15, -0.1) is 0 Å². The molecule has 1 heterocycles. The van der Waals surface area contributed by atoms with Crippen LogP contribution in [0, 0.1) is 5.92 Å². The molecule has 0 bridgehead atoms. The Hall–Kier alpha value is -1.40. The number of hydrogen-bond donors (Lipinski definition) is 1. The lowest BCUT2D eigenvalue weighted by Gasteiger charge is -2.18. The molecular formula is C17H26N2O3S. The number of amides is 1.